The van der Waals surface area contributed by atoms with E-state index in [1.165, 1.54) is 6.04 Å². The van der Waals surface area contributed by atoms with Gasteiger partial charge >= 0.3 is 0 Å². The molecule has 0 unspecified atom stereocenters. The van der Waals surface area contributed by atoms with Gasteiger partial charge in [-0.1, -0.05) is 37.7 Å². The van der Waals surface area contributed by atoms with E-state index in [0.717, 1.165) is 6.23 Å². The van der Waals surface area contributed by atoms with Crippen LogP contribution in [0.1, 0.15) is 6.92 Å². The van der Waals surface area contributed by atoms with Crippen molar-refractivity contribution >= 4 is 19.7 Å². The maximum Gasteiger partial charge on any atom is 0.120 e. The van der Waals surface area contributed by atoms with Crippen LogP contribution >= 0.6 is 11.6 Å². The van der Waals surface area contributed by atoms with E-state index >= 15 is 0 Å². The fraction of sp³-hybridized carbons (Fsp3) is 1.00. The Morgan fingerprint density at radius 1 is 1.44 bits per heavy atom. The first-order valence-electron chi connectivity index (χ1n) is 3.26. The van der Waals surface area contributed by atoms with E-state index in [1.54, 1.807) is 0 Å². The molecule has 56 valence electrons. The molecule has 0 aliphatic rings. The number of alkyl halides is 1. The number of hydrogen-bond acceptors (Lipinski definition) is 1. The number of halogens is 1. The van der Waals surface area contributed by atoms with Crippen molar-refractivity contribution in [2.24, 2.45) is 0 Å². The molecule has 0 aromatic rings. The van der Waals surface area contributed by atoms with Crippen LogP contribution < -0.4 is 0 Å². The molecular weight excluding hydrogens is 152 g/mol. The smallest absolute Gasteiger partial charge is 0.120 e. The first-order valence-corrected chi connectivity index (χ1v) is 7.21. The van der Waals surface area contributed by atoms with E-state index in [0.29, 0.717) is 6.07 Å². The molecule has 0 spiro atoms. The lowest BCUT2D eigenvalue weighted by Gasteiger charge is -2.18. The number of rotatable bonds is 4. The zero-order valence-electron chi connectivity index (χ0n) is 6.41. The molecule has 0 saturated heterocycles. The molecule has 0 aliphatic carbocycles. The molecule has 0 bridgehead atoms. The van der Waals surface area contributed by atoms with Gasteiger partial charge < -0.3 is 4.74 Å². The summed E-state index contributed by atoms with van der Waals surface area (Å²) in [4.78, 5) is 0. The van der Waals surface area contributed by atoms with Gasteiger partial charge in [-0.05, 0) is 0 Å². The SMILES string of the molecule is CC[Si](C)(C)COCCl. The summed E-state index contributed by atoms with van der Waals surface area (Å²) in [5, 5.41) is 0. The molecule has 0 rings (SSSR count). The third-order valence-corrected chi connectivity index (χ3v) is 4.58. The fourth-order valence-electron chi connectivity index (χ4n) is 0.417. The van der Waals surface area contributed by atoms with Crippen LogP contribution in [0.25, 0.3) is 0 Å². The molecule has 0 aromatic heterocycles. The Kier molecular flexibility index (Phi) is 4.53. The maximum absolute atomic E-state index is 5.36. The zero-order valence-corrected chi connectivity index (χ0v) is 8.16. The highest BCUT2D eigenvalue weighted by molar-refractivity contribution is 6.77. The Hall–Kier alpha value is 0.467. The summed E-state index contributed by atoms with van der Waals surface area (Å²) in [6, 6.07) is 1.61. The summed E-state index contributed by atoms with van der Waals surface area (Å²) in [5.74, 6) is 0. The van der Waals surface area contributed by atoms with E-state index < -0.39 is 8.07 Å². The van der Waals surface area contributed by atoms with Crippen LogP contribution in [-0.4, -0.2) is 20.4 Å². The molecule has 0 heterocycles. The normalized spacial score (nSPS) is 12.0. The first kappa shape index (κ1) is 9.47. The minimum Gasteiger partial charge on any atom is -0.369 e. The van der Waals surface area contributed by atoms with Crippen molar-refractivity contribution in [3.05, 3.63) is 0 Å². The average Bonchev–Trinajstić information content (AvgIpc) is 1.84. The van der Waals surface area contributed by atoms with Crippen LogP contribution in [0, 0.1) is 0 Å². The fourth-order valence-corrected chi connectivity index (χ4v) is 1.48. The molecule has 0 aromatic carbocycles. The molecule has 0 N–H and O–H groups in total. The van der Waals surface area contributed by atoms with Gasteiger partial charge in [-0.2, -0.15) is 0 Å². The van der Waals surface area contributed by atoms with Crippen LogP contribution in [0.2, 0.25) is 19.1 Å². The second-order valence-corrected chi connectivity index (χ2v) is 8.52. The molecule has 0 saturated carbocycles. The Morgan fingerprint density at radius 3 is 2.33 bits per heavy atom. The summed E-state index contributed by atoms with van der Waals surface area (Å²) < 4.78 is 5.12. The summed E-state index contributed by atoms with van der Waals surface area (Å²) >= 11 is 5.36. The minimum absolute atomic E-state index is 0.344. The lowest BCUT2D eigenvalue weighted by atomic mass is 11.0. The molecule has 0 aliphatic heterocycles. The van der Waals surface area contributed by atoms with Gasteiger partial charge in [0.15, 0.2) is 0 Å². The number of hydrogen-bond donors (Lipinski definition) is 0. The Morgan fingerprint density at radius 2 is 2.00 bits per heavy atom. The Labute approximate surface area is 63.4 Å². The number of ether oxygens (including phenoxy) is 1. The van der Waals surface area contributed by atoms with Crippen LogP contribution in [0.15, 0.2) is 0 Å². The van der Waals surface area contributed by atoms with Crippen molar-refractivity contribution in [1.29, 1.82) is 0 Å². The third-order valence-electron chi connectivity index (χ3n) is 1.53. The van der Waals surface area contributed by atoms with Crippen molar-refractivity contribution in [2.45, 2.75) is 26.1 Å². The highest BCUT2D eigenvalue weighted by Gasteiger charge is 2.17. The van der Waals surface area contributed by atoms with Crippen molar-refractivity contribution in [3.63, 3.8) is 0 Å². The van der Waals surface area contributed by atoms with Gasteiger partial charge in [-0.25, -0.2) is 0 Å². The monoisotopic (exact) mass is 166 g/mol. The second kappa shape index (κ2) is 4.31. The van der Waals surface area contributed by atoms with Crippen LogP contribution in [0.5, 0.6) is 0 Å². The molecule has 9 heavy (non-hydrogen) atoms. The molecule has 0 fully saturated rings. The standard InChI is InChI=1S/C6H15ClOSi/c1-4-9(2,3)6-8-5-7/h4-6H2,1-3H3. The lowest BCUT2D eigenvalue weighted by Crippen LogP contribution is -2.31. The second-order valence-electron chi connectivity index (χ2n) is 2.98. The zero-order chi connectivity index (χ0) is 7.33. The largest absolute Gasteiger partial charge is 0.369 e. The molecular formula is C6H15ClOSi. The van der Waals surface area contributed by atoms with E-state index in [4.69, 9.17) is 16.3 Å². The van der Waals surface area contributed by atoms with Gasteiger partial charge in [-0.15, -0.1) is 0 Å². The molecule has 3 heteroatoms. The van der Waals surface area contributed by atoms with Crippen LogP contribution in [0.4, 0.5) is 0 Å². The Balaban J connectivity index is 3.33. The summed E-state index contributed by atoms with van der Waals surface area (Å²) in [6.45, 7) is 6.82. The summed E-state index contributed by atoms with van der Waals surface area (Å²) in [5.41, 5.74) is 0. The maximum atomic E-state index is 5.36. The van der Waals surface area contributed by atoms with Crippen LogP contribution in [0.3, 0.4) is 0 Å². The van der Waals surface area contributed by atoms with Crippen molar-refractivity contribution in [2.75, 3.05) is 12.3 Å². The average molecular weight is 167 g/mol. The van der Waals surface area contributed by atoms with Gasteiger partial charge in [0.1, 0.15) is 6.07 Å². The van der Waals surface area contributed by atoms with Gasteiger partial charge in [-0.3, -0.25) is 0 Å². The highest BCUT2D eigenvalue weighted by atomic mass is 35.5. The van der Waals surface area contributed by atoms with Crippen molar-refractivity contribution in [1.82, 2.24) is 0 Å². The lowest BCUT2D eigenvalue weighted by molar-refractivity contribution is 0.224. The quantitative estimate of drug-likeness (QED) is 0.461. The minimum atomic E-state index is -1.00. The highest BCUT2D eigenvalue weighted by Crippen LogP contribution is 2.07. The van der Waals surface area contributed by atoms with E-state index in [-0.39, 0.29) is 0 Å². The molecule has 0 radical (unpaired) electrons. The van der Waals surface area contributed by atoms with Crippen LogP contribution in [-0.2, 0) is 4.74 Å². The van der Waals surface area contributed by atoms with Gasteiger partial charge in [0.25, 0.3) is 0 Å². The van der Waals surface area contributed by atoms with Crippen molar-refractivity contribution < 1.29 is 4.74 Å². The molecule has 1 nitrogen and oxygen atoms in total. The van der Waals surface area contributed by atoms with Gasteiger partial charge in [0.2, 0.25) is 0 Å². The first-order chi connectivity index (χ1) is 4.12. The van der Waals surface area contributed by atoms with E-state index in [2.05, 4.69) is 20.0 Å². The summed E-state index contributed by atoms with van der Waals surface area (Å²) in [7, 11) is -1.00. The van der Waals surface area contributed by atoms with E-state index in [9.17, 15) is 0 Å². The Bertz CT molecular complexity index is 75.5. The van der Waals surface area contributed by atoms with Gasteiger partial charge in [0, 0.05) is 6.23 Å². The van der Waals surface area contributed by atoms with Crippen molar-refractivity contribution in [3.8, 4) is 0 Å². The van der Waals surface area contributed by atoms with Gasteiger partial charge in [0.05, 0.1) is 8.07 Å². The third kappa shape index (κ3) is 4.94. The predicted molar refractivity (Wildman–Crippen MR) is 44.6 cm³/mol. The topological polar surface area (TPSA) is 9.23 Å². The summed E-state index contributed by atoms with van der Waals surface area (Å²) in [6.07, 6.45) is 0.896. The molecule has 0 atom stereocenters. The predicted octanol–water partition coefficient (Wildman–Crippen LogP) is 2.47. The van der Waals surface area contributed by atoms with E-state index in [1.807, 2.05) is 0 Å². The molecule has 0 amide bonds.